The second-order valence-corrected chi connectivity index (χ2v) is 9.01. The van der Waals surface area contributed by atoms with E-state index in [9.17, 15) is 10.5 Å². The van der Waals surface area contributed by atoms with E-state index in [2.05, 4.69) is 0 Å². The smallest absolute Gasteiger partial charge is 0.313 e. The molecule has 10 heteroatoms. The number of nitrogens with two attached hydrogens (primary N) is 3. The summed E-state index contributed by atoms with van der Waals surface area (Å²) in [5, 5.41) is 18.6. The van der Waals surface area contributed by atoms with Crippen LogP contribution in [0.1, 0.15) is 55.4 Å². The average molecular weight is 417 g/mol. The van der Waals surface area contributed by atoms with E-state index in [4.69, 9.17) is 36.1 Å². The van der Waals surface area contributed by atoms with Crippen molar-refractivity contribution in [3.8, 4) is 12.1 Å². The largest absolute Gasteiger partial charge is 0.318 e. The van der Waals surface area contributed by atoms with Gasteiger partial charge in [0.2, 0.25) is 0 Å². The first kappa shape index (κ1) is 27.1. The highest BCUT2D eigenvalue weighted by Gasteiger charge is 2.48. The molecule has 2 unspecified atom stereocenters. The molecule has 0 aromatic heterocycles. The van der Waals surface area contributed by atoms with Crippen LogP contribution >= 0.6 is 8.53 Å². The van der Waals surface area contributed by atoms with Gasteiger partial charge < -0.3 is 11.5 Å². The van der Waals surface area contributed by atoms with Gasteiger partial charge in [0.25, 0.3) is 0 Å². The lowest BCUT2D eigenvalue weighted by Gasteiger charge is -2.42. The predicted octanol–water partition coefficient (Wildman–Crippen LogP) is 2.87. The molecule has 162 valence electrons. The summed E-state index contributed by atoms with van der Waals surface area (Å²) in [4.78, 5) is 11.2. The van der Waals surface area contributed by atoms with Gasteiger partial charge in [0.05, 0.1) is 12.1 Å². The minimum Gasteiger partial charge on any atom is -0.313 e. The van der Waals surface area contributed by atoms with Crippen molar-refractivity contribution in [3.05, 3.63) is 0 Å². The fourth-order valence-corrected chi connectivity index (χ4v) is 4.11. The summed E-state index contributed by atoms with van der Waals surface area (Å²) in [5.74, 6) is -0.541. The topological polar surface area (TPSA) is 163 Å². The summed E-state index contributed by atoms with van der Waals surface area (Å²) in [7, 11) is -2.14. The SMILES string of the molecule is CC(C)C(OOP(N)OOC(C(C)C)(C(C)C)C(N)C#N)(C(C)C)C(N)C#N. The van der Waals surface area contributed by atoms with Crippen molar-refractivity contribution >= 4 is 8.53 Å². The van der Waals surface area contributed by atoms with Gasteiger partial charge in [-0.1, -0.05) is 55.4 Å². The molecule has 0 aromatic rings. The predicted molar refractivity (Wildman–Crippen MR) is 107 cm³/mol. The van der Waals surface area contributed by atoms with Crippen LogP contribution in [0, 0.1) is 46.3 Å². The van der Waals surface area contributed by atoms with Crippen molar-refractivity contribution in [1.82, 2.24) is 0 Å². The van der Waals surface area contributed by atoms with Gasteiger partial charge in [0.1, 0.15) is 23.3 Å². The molecule has 0 rings (SSSR count). The molecule has 0 amide bonds. The van der Waals surface area contributed by atoms with Gasteiger partial charge >= 0.3 is 8.53 Å². The lowest BCUT2D eigenvalue weighted by molar-refractivity contribution is -0.359. The lowest BCUT2D eigenvalue weighted by atomic mass is 9.75. The molecule has 0 aliphatic heterocycles. The van der Waals surface area contributed by atoms with E-state index < -0.39 is 31.8 Å². The van der Waals surface area contributed by atoms with Crippen LogP contribution in [-0.2, 0) is 19.1 Å². The minimum atomic E-state index is -2.14. The maximum atomic E-state index is 9.32. The summed E-state index contributed by atoms with van der Waals surface area (Å²) in [5.41, 5.74) is 15.7. The van der Waals surface area contributed by atoms with Crippen molar-refractivity contribution in [2.45, 2.75) is 78.7 Å². The standard InChI is InChI=1S/C18H36N5O4P/c1-11(2)17(12(3)4,15(21)9-19)24-26-28(23)27-25-18(13(5)6,14(7)8)16(22)10-20/h11-16H,21-23H2,1-8H3. The van der Waals surface area contributed by atoms with Gasteiger partial charge in [-0.2, -0.15) is 19.9 Å². The molecule has 0 aromatic carbocycles. The van der Waals surface area contributed by atoms with Crippen molar-refractivity contribution in [3.63, 3.8) is 0 Å². The molecule has 0 aliphatic carbocycles. The zero-order valence-electron chi connectivity index (χ0n) is 18.2. The summed E-state index contributed by atoms with van der Waals surface area (Å²) in [6, 6.07) is 2.16. The van der Waals surface area contributed by atoms with E-state index in [-0.39, 0.29) is 23.7 Å². The third-order valence-corrected chi connectivity index (χ3v) is 5.81. The zero-order chi connectivity index (χ0) is 22.3. The van der Waals surface area contributed by atoms with E-state index in [1.165, 1.54) is 0 Å². The van der Waals surface area contributed by atoms with Gasteiger partial charge in [-0.3, -0.25) is 5.50 Å². The number of hydrogen-bond donors (Lipinski definition) is 3. The Labute approximate surface area is 170 Å². The number of nitrogens with zero attached hydrogens (tertiary/aromatic N) is 2. The molecule has 0 spiro atoms. The molecule has 0 saturated heterocycles. The van der Waals surface area contributed by atoms with Crippen molar-refractivity contribution in [1.29, 1.82) is 10.5 Å². The van der Waals surface area contributed by atoms with Crippen LogP contribution in [0.4, 0.5) is 0 Å². The monoisotopic (exact) mass is 417 g/mol. The van der Waals surface area contributed by atoms with Gasteiger partial charge in [0, 0.05) is 0 Å². The van der Waals surface area contributed by atoms with Crippen LogP contribution in [0.25, 0.3) is 0 Å². The highest BCUT2D eigenvalue weighted by atomic mass is 31.2. The van der Waals surface area contributed by atoms with E-state index in [1.807, 2.05) is 67.5 Å². The Bertz CT molecular complexity index is 495. The lowest BCUT2D eigenvalue weighted by Crippen LogP contribution is -2.57. The third kappa shape index (κ3) is 5.60. The molecule has 0 radical (unpaired) electrons. The van der Waals surface area contributed by atoms with Crippen LogP contribution in [0.3, 0.4) is 0 Å². The van der Waals surface area contributed by atoms with E-state index >= 15 is 0 Å². The van der Waals surface area contributed by atoms with Gasteiger partial charge in [-0.15, -0.1) is 0 Å². The first-order valence-corrected chi connectivity index (χ1v) is 10.7. The van der Waals surface area contributed by atoms with Crippen LogP contribution in [0.5, 0.6) is 0 Å². The van der Waals surface area contributed by atoms with Crippen molar-refractivity contribution in [2.75, 3.05) is 0 Å². The second kappa shape index (κ2) is 11.3. The Hall–Kier alpha value is -0.870. The molecule has 28 heavy (non-hydrogen) atoms. The number of rotatable bonds is 12. The molecule has 6 N–H and O–H groups in total. The second-order valence-electron chi connectivity index (χ2n) is 8.14. The Kier molecular flexibility index (Phi) is 11.0. The first-order chi connectivity index (χ1) is 12.8. The van der Waals surface area contributed by atoms with Gasteiger partial charge in [-0.25, -0.2) is 9.78 Å². The van der Waals surface area contributed by atoms with Crippen LogP contribution in [0.15, 0.2) is 0 Å². The van der Waals surface area contributed by atoms with Crippen LogP contribution in [-0.4, -0.2) is 23.3 Å². The number of nitriles is 2. The van der Waals surface area contributed by atoms with E-state index in [0.717, 1.165) is 0 Å². The molecular weight excluding hydrogens is 381 g/mol. The highest BCUT2D eigenvalue weighted by Crippen LogP contribution is 2.42. The average Bonchev–Trinajstić information content (AvgIpc) is 2.60. The summed E-state index contributed by atoms with van der Waals surface area (Å²) in [6.45, 7) is 15.0. The fraction of sp³-hybridized carbons (Fsp3) is 0.889. The normalized spacial score (nSPS) is 16.3. The highest BCUT2D eigenvalue weighted by molar-refractivity contribution is 7.44. The number of hydrogen-bond acceptors (Lipinski definition) is 9. The molecule has 0 fully saturated rings. The fourth-order valence-electron chi connectivity index (χ4n) is 3.68. The Morgan fingerprint density at radius 3 is 1.11 bits per heavy atom. The molecule has 0 heterocycles. The molecule has 9 nitrogen and oxygen atoms in total. The zero-order valence-corrected chi connectivity index (χ0v) is 19.1. The molecule has 0 aliphatic rings. The Morgan fingerprint density at radius 1 is 0.679 bits per heavy atom. The third-order valence-electron chi connectivity index (χ3n) is 5.37. The maximum Gasteiger partial charge on any atom is 0.318 e. The Morgan fingerprint density at radius 2 is 0.929 bits per heavy atom. The van der Waals surface area contributed by atoms with Crippen LogP contribution < -0.4 is 17.0 Å². The van der Waals surface area contributed by atoms with Gasteiger partial charge in [0.15, 0.2) is 0 Å². The molecule has 0 saturated carbocycles. The quantitative estimate of drug-likeness (QED) is 0.246. The molecular formula is C18H36N5O4P. The van der Waals surface area contributed by atoms with E-state index in [0.29, 0.717) is 0 Å². The summed E-state index contributed by atoms with van der Waals surface area (Å²) >= 11 is 0. The van der Waals surface area contributed by atoms with Crippen molar-refractivity contribution < 1.29 is 19.1 Å². The minimum absolute atomic E-state index is 0.135. The molecule has 2 atom stereocenters. The maximum absolute atomic E-state index is 9.32. The van der Waals surface area contributed by atoms with E-state index in [1.54, 1.807) is 0 Å². The summed E-state index contributed by atoms with van der Waals surface area (Å²) < 4.78 is 10.5. The first-order valence-electron chi connectivity index (χ1n) is 9.41. The van der Waals surface area contributed by atoms with Crippen LogP contribution in [0.2, 0.25) is 0 Å². The van der Waals surface area contributed by atoms with Crippen molar-refractivity contribution in [2.24, 2.45) is 40.6 Å². The van der Waals surface area contributed by atoms with Gasteiger partial charge in [-0.05, 0) is 23.7 Å². The Balaban J connectivity index is 5.35. The molecule has 0 bridgehead atoms. The summed E-state index contributed by atoms with van der Waals surface area (Å²) in [6.07, 6.45) is 0.